The summed E-state index contributed by atoms with van der Waals surface area (Å²) in [5, 5.41) is 17.3. The molecule has 0 radical (unpaired) electrons. The maximum atomic E-state index is 12.9. The molecule has 70 valence electrons. The molecular weight excluding hydrogens is 165 g/mol. The average Bonchev–Trinajstić information content (AvgIpc) is 2.31. The normalized spacial score (nSPS) is 33.2. The molecule has 0 aromatic carbocycles. The van der Waals surface area contributed by atoms with Crippen molar-refractivity contribution in [2.24, 2.45) is 11.3 Å². The van der Waals surface area contributed by atoms with Crippen molar-refractivity contribution in [1.82, 2.24) is 0 Å². The Morgan fingerprint density at radius 3 is 1.75 bits per heavy atom. The molecular formula is C7H13BF2O2. The summed E-state index contributed by atoms with van der Waals surface area (Å²) in [7, 11) is -1.90. The lowest BCUT2D eigenvalue weighted by atomic mass is 9.76. The van der Waals surface area contributed by atoms with Gasteiger partial charge < -0.3 is 10.0 Å². The van der Waals surface area contributed by atoms with E-state index in [1.165, 1.54) is 0 Å². The highest BCUT2D eigenvalue weighted by atomic mass is 19.3. The maximum absolute atomic E-state index is 12.9. The second-order valence-electron chi connectivity index (χ2n) is 4.46. The molecule has 5 heteroatoms. The Bertz CT molecular complexity index is 188. The summed E-state index contributed by atoms with van der Waals surface area (Å²) in [6, 6.07) is 0. The summed E-state index contributed by atoms with van der Waals surface area (Å²) in [5.74, 6) is -5.10. The van der Waals surface area contributed by atoms with Crippen LogP contribution >= 0.6 is 0 Å². The van der Waals surface area contributed by atoms with E-state index in [2.05, 4.69) is 0 Å². The molecule has 0 unspecified atom stereocenters. The van der Waals surface area contributed by atoms with E-state index in [1.54, 1.807) is 20.8 Å². The lowest BCUT2D eigenvalue weighted by Crippen LogP contribution is -2.16. The van der Waals surface area contributed by atoms with Crippen LogP contribution in [0.3, 0.4) is 0 Å². The van der Waals surface area contributed by atoms with Crippen molar-refractivity contribution >= 4 is 7.12 Å². The van der Waals surface area contributed by atoms with Gasteiger partial charge in [0.05, 0.1) is 5.82 Å². The van der Waals surface area contributed by atoms with Crippen molar-refractivity contribution in [3.8, 4) is 0 Å². The minimum absolute atomic E-state index is 0.572. The van der Waals surface area contributed by atoms with Gasteiger partial charge >= 0.3 is 7.12 Å². The molecule has 0 aromatic heterocycles. The third kappa shape index (κ3) is 1.35. The van der Waals surface area contributed by atoms with Gasteiger partial charge in [0.15, 0.2) is 0 Å². The topological polar surface area (TPSA) is 40.5 Å². The van der Waals surface area contributed by atoms with Gasteiger partial charge in [0.25, 0.3) is 5.92 Å². The molecule has 12 heavy (non-hydrogen) atoms. The molecule has 1 aliphatic carbocycles. The second-order valence-corrected chi connectivity index (χ2v) is 4.46. The zero-order chi connectivity index (χ0) is 9.73. The molecule has 0 aromatic rings. The third-order valence-electron chi connectivity index (χ3n) is 2.36. The summed E-state index contributed by atoms with van der Waals surface area (Å²) in [6.45, 7) is 5.02. The van der Waals surface area contributed by atoms with E-state index in [9.17, 15) is 8.78 Å². The predicted octanol–water partition coefficient (Wildman–Crippen LogP) is 1.14. The Morgan fingerprint density at radius 1 is 1.25 bits per heavy atom. The lowest BCUT2D eigenvalue weighted by molar-refractivity contribution is 0.0698. The van der Waals surface area contributed by atoms with Crippen molar-refractivity contribution in [3.63, 3.8) is 0 Å². The van der Waals surface area contributed by atoms with E-state index in [4.69, 9.17) is 10.0 Å². The Morgan fingerprint density at radius 2 is 1.67 bits per heavy atom. The number of hydrogen-bond donors (Lipinski definition) is 2. The first-order chi connectivity index (χ1) is 5.19. The predicted molar refractivity (Wildman–Crippen MR) is 41.8 cm³/mol. The molecule has 1 aliphatic rings. The molecule has 0 bridgehead atoms. The van der Waals surface area contributed by atoms with Crippen LogP contribution in [0.25, 0.3) is 0 Å². The third-order valence-corrected chi connectivity index (χ3v) is 2.36. The highest BCUT2D eigenvalue weighted by Gasteiger charge is 2.75. The zero-order valence-corrected chi connectivity index (χ0v) is 7.38. The monoisotopic (exact) mass is 178 g/mol. The molecule has 0 aliphatic heterocycles. The molecule has 2 atom stereocenters. The Labute approximate surface area is 70.7 Å². The van der Waals surface area contributed by atoms with Crippen molar-refractivity contribution in [1.29, 1.82) is 0 Å². The summed E-state index contributed by atoms with van der Waals surface area (Å²) < 4.78 is 25.8. The van der Waals surface area contributed by atoms with E-state index < -0.39 is 30.2 Å². The standard InChI is InChI=1S/C7H13BF2O2/c1-6(2,3)4-5(8(11)12)7(4,9)10/h4-5,11-12H,1-3H3/t4-,5+/m0/s1. The van der Waals surface area contributed by atoms with Gasteiger partial charge in [-0.15, -0.1) is 0 Å². The number of halogens is 2. The van der Waals surface area contributed by atoms with Crippen LogP contribution in [0.15, 0.2) is 0 Å². The van der Waals surface area contributed by atoms with E-state index in [1.807, 2.05) is 0 Å². The van der Waals surface area contributed by atoms with Crippen molar-refractivity contribution < 1.29 is 18.8 Å². The van der Waals surface area contributed by atoms with Crippen molar-refractivity contribution in [3.05, 3.63) is 0 Å². The van der Waals surface area contributed by atoms with E-state index in [0.717, 1.165) is 0 Å². The quantitative estimate of drug-likeness (QED) is 0.591. The Hall–Kier alpha value is -0.155. The largest absolute Gasteiger partial charge is 0.461 e. The summed E-state index contributed by atoms with van der Waals surface area (Å²) in [6.07, 6.45) is 0. The summed E-state index contributed by atoms with van der Waals surface area (Å²) in [5.41, 5.74) is -0.572. The number of hydrogen-bond acceptors (Lipinski definition) is 2. The summed E-state index contributed by atoms with van der Waals surface area (Å²) in [4.78, 5) is 0. The zero-order valence-electron chi connectivity index (χ0n) is 7.38. The van der Waals surface area contributed by atoms with Gasteiger partial charge in [0, 0.05) is 5.92 Å². The van der Waals surface area contributed by atoms with Crippen LogP contribution in [0, 0.1) is 11.3 Å². The maximum Gasteiger partial charge on any atom is 0.461 e. The minimum atomic E-state index is -2.91. The fraction of sp³-hybridized carbons (Fsp3) is 1.00. The second kappa shape index (κ2) is 2.42. The molecule has 0 amide bonds. The number of rotatable bonds is 1. The fourth-order valence-corrected chi connectivity index (χ4v) is 1.84. The molecule has 1 fully saturated rings. The fourth-order valence-electron chi connectivity index (χ4n) is 1.84. The highest BCUT2D eigenvalue weighted by molar-refractivity contribution is 6.45. The van der Waals surface area contributed by atoms with Gasteiger partial charge in [-0.3, -0.25) is 0 Å². The average molecular weight is 178 g/mol. The molecule has 0 saturated heterocycles. The molecule has 1 rings (SSSR count). The SMILES string of the molecule is CC(C)(C)[C@@H]1[C@@H](B(O)O)C1(F)F. The van der Waals surface area contributed by atoms with Crippen LogP contribution in [0.5, 0.6) is 0 Å². The van der Waals surface area contributed by atoms with Gasteiger partial charge in [0.2, 0.25) is 0 Å². The first-order valence-electron chi connectivity index (χ1n) is 3.93. The van der Waals surface area contributed by atoms with E-state index in [0.29, 0.717) is 0 Å². The van der Waals surface area contributed by atoms with Gasteiger partial charge in [-0.25, -0.2) is 8.78 Å². The smallest absolute Gasteiger partial charge is 0.427 e. The molecule has 2 N–H and O–H groups in total. The molecule has 2 nitrogen and oxygen atoms in total. The molecule has 0 heterocycles. The van der Waals surface area contributed by atoms with Crippen LogP contribution in [-0.4, -0.2) is 23.1 Å². The first kappa shape index (κ1) is 9.93. The van der Waals surface area contributed by atoms with Gasteiger partial charge in [0.1, 0.15) is 0 Å². The minimum Gasteiger partial charge on any atom is -0.427 e. The Balaban J connectivity index is 2.73. The van der Waals surface area contributed by atoms with Crippen LogP contribution < -0.4 is 0 Å². The van der Waals surface area contributed by atoms with Crippen LogP contribution in [-0.2, 0) is 0 Å². The van der Waals surface area contributed by atoms with Crippen LogP contribution in [0.1, 0.15) is 20.8 Å². The van der Waals surface area contributed by atoms with Crippen molar-refractivity contribution in [2.75, 3.05) is 0 Å². The van der Waals surface area contributed by atoms with Gasteiger partial charge in [-0.05, 0) is 5.41 Å². The van der Waals surface area contributed by atoms with Crippen LogP contribution in [0.4, 0.5) is 8.78 Å². The van der Waals surface area contributed by atoms with Gasteiger partial charge in [-0.1, -0.05) is 20.8 Å². The molecule has 1 saturated carbocycles. The highest BCUT2D eigenvalue weighted by Crippen LogP contribution is 2.67. The summed E-state index contributed by atoms with van der Waals surface area (Å²) >= 11 is 0. The molecule has 0 spiro atoms. The van der Waals surface area contributed by atoms with E-state index >= 15 is 0 Å². The van der Waals surface area contributed by atoms with Crippen LogP contribution in [0.2, 0.25) is 5.82 Å². The first-order valence-corrected chi connectivity index (χ1v) is 3.93. The van der Waals surface area contributed by atoms with E-state index in [-0.39, 0.29) is 0 Å². The lowest BCUT2D eigenvalue weighted by Gasteiger charge is -2.17. The number of alkyl halides is 2. The van der Waals surface area contributed by atoms with Crippen molar-refractivity contribution in [2.45, 2.75) is 32.5 Å². The Kier molecular flexibility index (Phi) is 2.00. The van der Waals surface area contributed by atoms with Gasteiger partial charge in [-0.2, -0.15) is 0 Å².